The molecule has 1 unspecified atom stereocenters. The normalized spacial score (nSPS) is 18.1. The summed E-state index contributed by atoms with van der Waals surface area (Å²) in [5, 5.41) is 7.27. The molecule has 2 heterocycles. The Labute approximate surface area is 173 Å². The van der Waals surface area contributed by atoms with Gasteiger partial charge in [0.25, 0.3) is 5.91 Å². The Morgan fingerprint density at radius 3 is 2.75 bits per heavy atom. The van der Waals surface area contributed by atoms with Gasteiger partial charge in [-0.15, -0.1) is 11.3 Å². The Bertz CT molecular complexity index is 873. The van der Waals surface area contributed by atoms with Crippen molar-refractivity contribution in [2.24, 2.45) is 0 Å². The van der Waals surface area contributed by atoms with Gasteiger partial charge in [0.2, 0.25) is 5.91 Å². The lowest BCUT2D eigenvalue weighted by Crippen LogP contribution is -2.32. The standard InChI is InChI=1S/C21H23ClN2O3S/c22-14-8-6-13(7-9-14)11-18(25)24-21-19(16-4-1-5-17(16)28-21)20(26)23-12-15-3-2-10-27-15/h6-9,15H,1-5,10-12H2,(H,23,26)(H,24,25). The van der Waals surface area contributed by atoms with E-state index < -0.39 is 0 Å². The van der Waals surface area contributed by atoms with Gasteiger partial charge >= 0.3 is 0 Å². The highest BCUT2D eigenvalue weighted by atomic mass is 35.5. The first-order valence-electron chi connectivity index (χ1n) is 9.69. The van der Waals surface area contributed by atoms with E-state index >= 15 is 0 Å². The monoisotopic (exact) mass is 418 g/mol. The average molecular weight is 419 g/mol. The van der Waals surface area contributed by atoms with Crippen molar-refractivity contribution in [3.8, 4) is 0 Å². The summed E-state index contributed by atoms with van der Waals surface area (Å²) >= 11 is 7.43. The van der Waals surface area contributed by atoms with Crippen LogP contribution in [-0.2, 0) is 28.8 Å². The Kier molecular flexibility index (Phi) is 5.99. The Hall–Kier alpha value is -1.89. The van der Waals surface area contributed by atoms with E-state index in [1.165, 1.54) is 16.2 Å². The minimum absolute atomic E-state index is 0.0959. The second-order valence-electron chi connectivity index (χ2n) is 7.26. The maximum absolute atomic E-state index is 12.9. The highest BCUT2D eigenvalue weighted by Crippen LogP contribution is 2.39. The summed E-state index contributed by atoms with van der Waals surface area (Å²) in [6, 6.07) is 7.22. The fourth-order valence-corrected chi connectivity index (χ4v) is 5.22. The van der Waals surface area contributed by atoms with Crippen LogP contribution < -0.4 is 10.6 Å². The predicted octanol–water partition coefficient (Wildman–Crippen LogP) is 3.98. The fraction of sp³-hybridized carbons (Fsp3) is 0.429. The van der Waals surface area contributed by atoms with Crippen molar-refractivity contribution in [3.05, 3.63) is 50.9 Å². The average Bonchev–Trinajstić information content (AvgIpc) is 3.39. The SMILES string of the molecule is O=C(Cc1ccc(Cl)cc1)Nc1sc2c(c1C(=O)NCC1CCCO1)CCC2. The number of rotatable bonds is 6. The second kappa shape index (κ2) is 8.64. The number of ether oxygens (including phenoxy) is 1. The number of fused-ring (bicyclic) bond motifs is 1. The van der Waals surface area contributed by atoms with Crippen LogP contribution in [0, 0.1) is 0 Å². The van der Waals surface area contributed by atoms with Crippen LogP contribution in [0.4, 0.5) is 5.00 Å². The van der Waals surface area contributed by atoms with E-state index in [2.05, 4.69) is 10.6 Å². The molecule has 0 radical (unpaired) electrons. The van der Waals surface area contributed by atoms with Gasteiger partial charge in [-0.3, -0.25) is 9.59 Å². The molecule has 2 aliphatic rings. The van der Waals surface area contributed by atoms with Crippen molar-refractivity contribution in [2.75, 3.05) is 18.5 Å². The van der Waals surface area contributed by atoms with Gasteiger partial charge in [0.15, 0.2) is 0 Å². The molecule has 5 nitrogen and oxygen atoms in total. The lowest BCUT2D eigenvalue weighted by Gasteiger charge is -2.12. The summed E-state index contributed by atoms with van der Waals surface area (Å²) in [4.78, 5) is 26.7. The fourth-order valence-electron chi connectivity index (χ4n) is 3.79. The van der Waals surface area contributed by atoms with Crippen LogP contribution in [0.3, 0.4) is 0 Å². The van der Waals surface area contributed by atoms with Crippen LogP contribution in [0.5, 0.6) is 0 Å². The third kappa shape index (κ3) is 4.40. The molecule has 1 aliphatic heterocycles. The molecule has 148 valence electrons. The zero-order chi connectivity index (χ0) is 19.5. The van der Waals surface area contributed by atoms with E-state index in [1.807, 2.05) is 12.1 Å². The van der Waals surface area contributed by atoms with Crippen molar-refractivity contribution in [3.63, 3.8) is 0 Å². The zero-order valence-electron chi connectivity index (χ0n) is 15.6. The number of amides is 2. The molecule has 1 fully saturated rings. The van der Waals surface area contributed by atoms with Gasteiger partial charge in [-0.05, 0) is 55.4 Å². The molecule has 1 aromatic heterocycles. The summed E-state index contributed by atoms with van der Waals surface area (Å²) in [7, 11) is 0. The third-order valence-electron chi connectivity index (χ3n) is 5.19. The molecule has 1 atom stereocenters. The first-order valence-corrected chi connectivity index (χ1v) is 10.9. The third-order valence-corrected chi connectivity index (χ3v) is 6.65. The number of benzene rings is 1. The summed E-state index contributed by atoms with van der Waals surface area (Å²) in [6.07, 6.45) is 5.29. The number of thiophene rings is 1. The van der Waals surface area contributed by atoms with Crippen molar-refractivity contribution in [1.82, 2.24) is 5.32 Å². The molecule has 7 heteroatoms. The number of anilines is 1. The highest BCUT2D eigenvalue weighted by Gasteiger charge is 2.28. The molecule has 0 bridgehead atoms. The van der Waals surface area contributed by atoms with E-state index in [-0.39, 0.29) is 24.3 Å². The lowest BCUT2D eigenvalue weighted by molar-refractivity contribution is -0.115. The van der Waals surface area contributed by atoms with Crippen LogP contribution in [0.15, 0.2) is 24.3 Å². The number of halogens is 1. The summed E-state index contributed by atoms with van der Waals surface area (Å²) in [6.45, 7) is 1.28. The maximum atomic E-state index is 12.9. The molecule has 1 aliphatic carbocycles. The van der Waals surface area contributed by atoms with Crippen LogP contribution in [0.2, 0.25) is 5.02 Å². The number of carbonyl (C=O) groups is 2. The molecule has 2 aromatic rings. The van der Waals surface area contributed by atoms with Crippen molar-refractivity contribution in [1.29, 1.82) is 0 Å². The summed E-state index contributed by atoms with van der Waals surface area (Å²) in [5.74, 6) is -0.243. The van der Waals surface area contributed by atoms with E-state index in [0.717, 1.165) is 49.8 Å². The first-order chi connectivity index (χ1) is 13.6. The summed E-state index contributed by atoms with van der Waals surface area (Å²) < 4.78 is 5.59. The van der Waals surface area contributed by atoms with Crippen LogP contribution >= 0.6 is 22.9 Å². The molecular formula is C21H23ClN2O3S. The Balaban J connectivity index is 1.46. The summed E-state index contributed by atoms with van der Waals surface area (Å²) in [5.41, 5.74) is 2.62. The van der Waals surface area contributed by atoms with E-state index in [1.54, 1.807) is 12.1 Å². The van der Waals surface area contributed by atoms with Gasteiger partial charge in [-0.25, -0.2) is 0 Å². The molecule has 2 N–H and O–H groups in total. The molecule has 2 amide bonds. The smallest absolute Gasteiger partial charge is 0.254 e. The van der Waals surface area contributed by atoms with E-state index in [9.17, 15) is 9.59 Å². The second-order valence-corrected chi connectivity index (χ2v) is 8.80. The van der Waals surface area contributed by atoms with Gasteiger partial charge in [-0.2, -0.15) is 0 Å². The maximum Gasteiger partial charge on any atom is 0.254 e. The highest BCUT2D eigenvalue weighted by molar-refractivity contribution is 7.17. The molecule has 28 heavy (non-hydrogen) atoms. The van der Waals surface area contributed by atoms with Gasteiger partial charge in [0.1, 0.15) is 5.00 Å². The molecule has 0 spiro atoms. The van der Waals surface area contributed by atoms with Gasteiger partial charge in [0.05, 0.1) is 18.1 Å². The molecule has 0 saturated carbocycles. The topological polar surface area (TPSA) is 67.4 Å². The van der Waals surface area contributed by atoms with Crippen molar-refractivity contribution < 1.29 is 14.3 Å². The Morgan fingerprint density at radius 2 is 2.00 bits per heavy atom. The molecule has 1 aromatic carbocycles. The number of hydrogen-bond donors (Lipinski definition) is 2. The quantitative estimate of drug-likeness (QED) is 0.745. The van der Waals surface area contributed by atoms with Gasteiger partial charge in [-0.1, -0.05) is 23.7 Å². The van der Waals surface area contributed by atoms with Crippen molar-refractivity contribution in [2.45, 2.75) is 44.6 Å². The molecular weight excluding hydrogens is 396 g/mol. The lowest BCUT2D eigenvalue weighted by atomic mass is 10.1. The van der Waals surface area contributed by atoms with Crippen LogP contribution in [0.25, 0.3) is 0 Å². The van der Waals surface area contributed by atoms with Crippen LogP contribution in [-0.4, -0.2) is 31.1 Å². The largest absolute Gasteiger partial charge is 0.376 e. The Morgan fingerprint density at radius 1 is 1.18 bits per heavy atom. The number of nitrogens with one attached hydrogen (secondary N) is 2. The van der Waals surface area contributed by atoms with Gasteiger partial charge < -0.3 is 15.4 Å². The van der Waals surface area contributed by atoms with E-state index in [0.29, 0.717) is 22.1 Å². The minimum atomic E-state index is -0.129. The zero-order valence-corrected chi connectivity index (χ0v) is 17.1. The molecule has 1 saturated heterocycles. The predicted molar refractivity (Wildman–Crippen MR) is 111 cm³/mol. The number of carbonyl (C=O) groups excluding carboxylic acids is 2. The minimum Gasteiger partial charge on any atom is -0.376 e. The number of hydrogen-bond acceptors (Lipinski definition) is 4. The molecule has 4 rings (SSSR count). The van der Waals surface area contributed by atoms with Gasteiger partial charge in [0, 0.05) is 23.1 Å². The number of aryl methyl sites for hydroxylation is 1. The van der Waals surface area contributed by atoms with Crippen LogP contribution in [0.1, 0.15) is 45.6 Å². The van der Waals surface area contributed by atoms with E-state index in [4.69, 9.17) is 16.3 Å². The van der Waals surface area contributed by atoms with Crippen molar-refractivity contribution >= 4 is 39.8 Å². The first kappa shape index (κ1) is 19.4.